The molecule has 2 aromatic rings. The van der Waals surface area contributed by atoms with Crippen LogP contribution >= 0.6 is 11.6 Å². The van der Waals surface area contributed by atoms with Gasteiger partial charge in [-0.2, -0.15) is 0 Å². The van der Waals surface area contributed by atoms with Crippen LogP contribution in [-0.2, 0) is 0 Å². The van der Waals surface area contributed by atoms with Crippen LogP contribution < -0.4 is 22.6 Å². The molecule has 22 heavy (non-hydrogen) atoms. The molecule has 0 saturated carbocycles. The van der Waals surface area contributed by atoms with Gasteiger partial charge in [-0.1, -0.05) is 54.1 Å². The van der Waals surface area contributed by atoms with Gasteiger partial charge in [0.15, 0.2) is 0 Å². The molecule has 114 valence electrons. The molecule has 2 rings (SSSR count). The number of nitrogens with one attached hydrogen (secondary N) is 1. The highest BCUT2D eigenvalue weighted by Crippen LogP contribution is 2.26. The van der Waals surface area contributed by atoms with E-state index in [1.165, 1.54) is 0 Å². The van der Waals surface area contributed by atoms with Gasteiger partial charge in [-0.05, 0) is 23.3 Å². The van der Waals surface area contributed by atoms with Crippen LogP contribution in [0.5, 0.6) is 0 Å². The van der Waals surface area contributed by atoms with Crippen molar-refractivity contribution in [3.05, 3.63) is 70.7 Å². The Labute approximate surface area is 133 Å². The molecular formula is C15H17ClN6. The molecule has 0 spiro atoms. The number of nitrogens with two attached hydrogens (primary N) is 3. The lowest BCUT2D eigenvalue weighted by Gasteiger charge is -2.14. The van der Waals surface area contributed by atoms with E-state index in [1.807, 2.05) is 54.6 Å². The van der Waals surface area contributed by atoms with E-state index in [1.54, 1.807) is 0 Å². The van der Waals surface area contributed by atoms with E-state index in [2.05, 4.69) is 15.5 Å². The van der Waals surface area contributed by atoms with Gasteiger partial charge < -0.3 is 17.2 Å². The lowest BCUT2D eigenvalue weighted by Crippen LogP contribution is -2.33. The van der Waals surface area contributed by atoms with Crippen LogP contribution in [0.2, 0.25) is 5.02 Å². The van der Waals surface area contributed by atoms with Gasteiger partial charge in [0.05, 0.1) is 0 Å². The topological polar surface area (TPSA) is 115 Å². The van der Waals surface area contributed by atoms with Crippen molar-refractivity contribution in [2.24, 2.45) is 27.3 Å². The highest BCUT2D eigenvalue weighted by molar-refractivity contribution is 6.30. The maximum Gasteiger partial charge on any atom is 0.210 e. The Morgan fingerprint density at radius 3 is 2.09 bits per heavy atom. The number of hydrogen-bond acceptors (Lipinski definition) is 2. The van der Waals surface area contributed by atoms with Crippen LogP contribution in [0.25, 0.3) is 0 Å². The van der Waals surface area contributed by atoms with Gasteiger partial charge in [-0.25, -0.2) is 10.4 Å². The van der Waals surface area contributed by atoms with Gasteiger partial charge in [0.2, 0.25) is 11.9 Å². The summed E-state index contributed by atoms with van der Waals surface area (Å²) < 4.78 is 0. The summed E-state index contributed by atoms with van der Waals surface area (Å²) in [6, 6.07) is 16.9. The molecule has 0 aliphatic carbocycles. The van der Waals surface area contributed by atoms with Crippen molar-refractivity contribution in [1.29, 1.82) is 0 Å². The van der Waals surface area contributed by atoms with Crippen molar-refractivity contribution in [3.63, 3.8) is 0 Å². The maximum absolute atomic E-state index is 5.93. The summed E-state index contributed by atoms with van der Waals surface area (Å²) in [7, 11) is 0. The number of benzene rings is 2. The first kappa shape index (κ1) is 15.7. The van der Waals surface area contributed by atoms with Gasteiger partial charge in [-0.15, -0.1) is 5.10 Å². The number of halogens is 1. The molecule has 1 unspecified atom stereocenters. The standard InChI is InChI=1S/C15H17ClN6/c16-12-8-6-11(7-9-12)13(10-4-2-1-3-5-10)20-15(19)22-21-14(17)18/h1-9,13H,(H4,17,18,21)(H3,19,20,22). The molecule has 0 aromatic heterocycles. The third kappa shape index (κ3) is 4.39. The number of rotatable bonds is 4. The van der Waals surface area contributed by atoms with E-state index >= 15 is 0 Å². The monoisotopic (exact) mass is 316 g/mol. The van der Waals surface area contributed by atoms with Crippen molar-refractivity contribution < 1.29 is 0 Å². The highest BCUT2D eigenvalue weighted by Gasteiger charge is 2.13. The van der Waals surface area contributed by atoms with Crippen LogP contribution in [0.15, 0.2) is 64.7 Å². The van der Waals surface area contributed by atoms with Gasteiger partial charge in [0, 0.05) is 5.02 Å². The normalized spacial score (nSPS) is 12.5. The van der Waals surface area contributed by atoms with Crippen LogP contribution in [0, 0.1) is 0 Å². The average Bonchev–Trinajstić information content (AvgIpc) is 2.52. The van der Waals surface area contributed by atoms with Crippen molar-refractivity contribution >= 4 is 23.5 Å². The highest BCUT2D eigenvalue weighted by atomic mass is 35.5. The Bertz CT molecular complexity index is 662. The Balaban J connectivity index is 2.36. The van der Waals surface area contributed by atoms with E-state index in [0.29, 0.717) is 5.02 Å². The Kier molecular flexibility index (Phi) is 5.21. The molecule has 2 aromatic carbocycles. The van der Waals surface area contributed by atoms with E-state index in [-0.39, 0.29) is 18.0 Å². The summed E-state index contributed by atoms with van der Waals surface area (Å²) in [6.07, 6.45) is 0. The molecule has 0 amide bonds. The minimum atomic E-state index is -0.292. The summed E-state index contributed by atoms with van der Waals surface area (Å²) in [5.74, 6) is -0.0156. The molecule has 7 heteroatoms. The zero-order valence-corrected chi connectivity index (χ0v) is 12.5. The average molecular weight is 317 g/mol. The molecular weight excluding hydrogens is 300 g/mol. The van der Waals surface area contributed by atoms with Crippen molar-refractivity contribution in [2.75, 3.05) is 0 Å². The Morgan fingerprint density at radius 2 is 1.50 bits per heavy atom. The second-order valence-corrected chi connectivity index (χ2v) is 4.96. The summed E-state index contributed by atoms with van der Waals surface area (Å²) in [5, 5.41) is 4.28. The van der Waals surface area contributed by atoms with E-state index in [4.69, 9.17) is 28.8 Å². The lowest BCUT2D eigenvalue weighted by atomic mass is 9.99. The number of aliphatic imine (C=N–C) groups is 1. The molecule has 0 fully saturated rings. The first-order chi connectivity index (χ1) is 10.6. The number of hydrogen-bond donors (Lipinski definition) is 4. The van der Waals surface area contributed by atoms with Crippen LogP contribution in [0.3, 0.4) is 0 Å². The van der Waals surface area contributed by atoms with Gasteiger partial charge in [-0.3, -0.25) is 0 Å². The second kappa shape index (κ2) is 7.33. The first-order valence-electron chi connectivity index (χ1n) is 6.54. The summed E-state index contributed by atoms with van der Waals surface area (Å²) in [6.45, 7) is 0. The SMILES string of the molecule is NC(N)=NNC(N)=NC(c1ccccc1)c1ccc(Cl)cc1. The van der Waals surface area contributed by atoms with Crippen molar-refractivity contribution in [1.82, 2.24) is 5.43 Å². The summed E-state index contributed by atoms with van der Waals surface area (Å²) >= 11 is 5.93. The fraction of sp³-hybridized carbons (Fsp3) is 0.0667. The van der Waals surface area contributed by atoms with E-state index < -0.39 is 0 Å². The number of hydrazone groups is 1. The fourth-order valence-electron chi connectivity index (χ4n) is 1.91. The first-order valence-corrected chi connectivity index (χ1v) is 6.92. The molecule has 6 nitrogen and oxygen atoms in total. The molecule has 0 aliphatic rings. The fourth-order valence-corrected chi connectivity index (χ4v) is 2.04. The van der Waals surface area contributed by atoms with E-state index in [9.17, 15) is 0 Å². The third-order valence-corrected chi connectivity index (χ3v) is 3.12. The van der Waals surface area contributed by atoms with Crippen LogP contribution in [0.4, 0.5) is 0 Å². The Morgan fingerprint density at radius 1 is 0.909 bits per heavy atom. The number of nitrogens with zero attached hydrogens (tertiary/aromatic N) is 2. The predicted molar refractivity (Wildman–Crippen MR) is 90.3 cm³/mol. The van der Waals surface area contributed by atoms with Gasteiger partial charge in [0.1, 0.15) is 6.04 Å². The van der Waals surface area contributed by atoms with E-state index in [0.717, 1.165) is 11.1 Å². The molecule has 0 radical (unpaired) electrons. The molecule has 7 N–H and O–H groups in total. The lowest BCUT2D eigenvalue weighted by molar-refractivity contribution is 0.845. The second-order valence-electron chi connectivity index (χ2n) is 4.53. The quantitative estimate of drug-likeness (QED) is 0.389. The molecule has 1 atom stereocenters. The predicted octanol–water partition coefficient (Wildman–Crippen LogP) is 1.52. The zero-order valence-electron chi connectivity index (χ0n) is 11.8. The molecule has 0 bridgehead atoms. The summed E-state index contributed by atoms with van der Waals surface area (Å²) in [5.41, 5.74) is 20.8. The zero-order chi connectivity index (χ0) is 15.9. The minimum Gasteiger partial charge on any atom is -0.369 e. The maximum atomic E-state index is 5.93. The summed E-state index contributed by atoms with van der Waals surface area (Å²) in [4.78, 5) is 4.44. The third-order valence-electron chi connectivity index (χ3n) is 2.87. The van der Waals surface area contributed by atoms with Gasteiger partial charge >= 0.3 is 0 Å². The number of guanidine groups is 2. The largest absolute Gasteiger partial charge is 0.369 e. The van der Waals surface area contributed by atoms with Crippen LogP contribution in [-0.4, -0.2) is 11.9 Å². The Hall–Kier alpha value is -2.73. The molecule has 0 aliphatic heterocycles. The van der Waals surface area contributed by atoms with Crippen molar-refractivity contribution in [3.8, 4) is 0 Å². The van der Waals surface area contributed by atoms with Crippen LogP contribution in [0.1, 0.15) is 17.2 Å². The molecule has 0 heterocycles. The minimum absolute atomic E-state index is 0.109. The molecule has 0 saturated heterocycles. The van der Waals surface area contributed by atoms with Crippen molar-refractivity contribution in [2.45, 2.75) is 6.04 Å². The smallest absolute Gasteiger partial charge is 0.210 e. The van der Waals surface area contributed by atoms with Gasteiger partial charge in [0.25, 0.3) is 0 Å².